The predicted molar refractivity (Wildman–Crippen MR) is 154 cm³/mol. The highest BCUT2D eigenvalue weighted by atomic mass is 15.5. The van der Waals surface area contributed by atoms with E-state index in [2.05, 4.69) is 162 Å². The summed E-state index contributed by atoms with van der Waals surface area (Å²) in [6.07, 6.45) is 0. The van der Waals surface area contributed by atoms with E-state index in [4.69, 9.17) is 4.99 Å². The lowest BCUT2D eigenvalue weighted by Crippen LogP contribution is -2.47. The largest absolute Gasteiger partial charge is 0.356 e. The summed E-state index contributed by atoms with van der Waals surface area (Å²) in [5, 5.41) is 3.77. The molecule has 0 aromatic heterocycles. The maximum atomic E-state index is 5.28. The van der Waals surface area contributed by atoms with Gasteiger partial charge >= 0.3 is 5.96 Å². The van der Waals surface area contributed by atoms with E-state index in [1.165, 1.54) is 22.3 Å². The SMILES string of the molecule is CN1C(NC2=[N+](C)[C@@H](c3ccccc3)[C@H](c3ccccc3)N2C)=N[C@@H](c2ccccc2)C1c1ccccc1. The molecule has 2 aliphatic heterocycles. The van der Waals surface area contributed by atoms with Crippen molar-refractivity contribution in [3.63, 3.8) is 0 Å². The van der Waals surface area contributed by atoms with Crippen molar-refractivity contribution in [1.82, 2.24) is 15.1 Å². The van der Waals surface area contributed by atoms with Crippen molar-refractivity contribution in [1.29, 1.82) is 0 Å². The lowest BCUT2D eigenvalue weighted by atomic mass is 9.93. The maximum absolute atomic E-state index is 5.28. The number of nitrogens with one attached hydrogen (secondary N) is 1. The van der Waals surface area contributed by atoms with Gasteiger partial charge in [0.1, 0.15) is 18.1 Å². The fraction of sp³-hybridized carbons (Fsp3) is 0.212. The summed E-state index contributed by atoms with van der Waals surface area (Å²) in [4.78, 5) is 9.93. The number of hydrogen-bond donors (Lipinski definition) is 1. The molecule has 2 heterocycles. The first kappa shape index (κ1) is 24.0. The van der Waals surface area contributed by atoms with Crippen LogP contribution in [-0.2, 0) is 0 Å². The third-order valence-corrected chi connectivity index (χ3v) is 7.90. The second-order valence-electron chi connectivity index (χ2n) is 10.2. The van der Waals surface area contributed by atoms with Crippen LogP contribution in [0, 0.1) is 0 Å². The van der Waals surface area contributed by atoms with Gasteiger partial charge in [0.25, 0.3) is 5.96 Å². The van der Waals surface area contributed by atoms with Crippen LogP contribution in [0.25, 0.3) is 0 Å². The van der Waals surface area contributed by atoms with Crippen LogP contribution in [0.1, 0.15) is 46.4 Å². The summed E-state index contributed by atoms with van der Waals surface area (Å²) in [6.45, 7) is 0. The van der Waals surface area contributed by atoms with Crippen LogP contribution in [0.2, 0.25) is 0 Å². The first-order chi connectivity index (χ1) is 18.6. The monoisotopic (exact) mass is 500 g/mol. The molecule has 1 unspecified atom stereocenters. The average molecular weight is 501 g/mol. The molecule has 2 aliphatic rings. The molecule has 0 aliphatic carbocycles. The van der Waals surface area contributed by atoms with E-state index < -0.39 is 0 Å². The number of rotatable bonds is 4. The van der Waals surface area contributed by atoms with E-state index in [0.29, 0.717) is 0 Å². The molecule has 1 N–H and O–H groups in total. The van der Waals surface area contributed by atoms with Gasteiger partial charge in [0, 0.05) is 7.05 Å². The minimum absolute atomic E-state index is 0.00134. The molecule has 5 heteroatoms. The molecule has 6 rings (SSSR count). The third-order valence-electron chi connectivity index (χ3n) is 7.90. The average Bonchev–Trinajstić information content (AvgIpc) is 3.43. The van der Waals surface area contributed by atoms with Gasteiger partial charge in [-0.1, -0.05) is 121 Å². The van der Waals surface area contributed by atoms with E-state index in [1.807, 2.05) is 0 Å². The van der Waals surface area contributed by atoms with Crippen molar-refractivity contribution in [2.75, 3.05) is 21.1 Å². The number of benzene rings is 4. The highest BCUT2D eigenvalue weighted by Gasteiger charge is 2.47. The van der Waals surface area contributed by atoms with E-state index >= 15 is 0 Å². The molecule has 0 spiro atoms. The van der Waals surface area contributed by atoms with Crippen molar-refractivity contribution in [2.45, 2.75) is 24.2 Å². The first-order valence-electron chi connectivity index (χ1n) is 13.2. The summed E-state index contributed by atoms with van der Waals surface area (Å²) in [7, 11) is 6.50. The Kier molecular flexibility index (Phi) is 6.42. The Bertz CT molecular complexity index is 1430. The zero-order valence-electron chi connectivity index (χ0n) is 22.1. The molecule has 4 aromatic rings. The van der Waals surface area contributed by atoms with Gasteiger partial charge in [-0.15, -0.1) is 0 Å². The van der Waals surface area contributed by atoms with Crippen molar-refractivity contribution in [3.8, 4) is 0 Å². The fourth-order valence-electron chi connectivity index (χ4n) is 6.05. The van der Waals surface area contributed by atoms with Crippen LogP contribution < -0.4 is 5.32 Å². The molecule has 0 fully saturated rings. The molecule has 4 atom stereocenters. The van der Waals surface area contributed by atoms with Gasteiger partial charge < -0.3 is 4.90 Å². The molecule has 4 aromatic carbocycles. The van der Waals surface area contributed by atoms with Crippen molar-refractivity contribution in [3.05, 3.63) is 144 Å². The van der Waals surface area contributed by atoms with E-state index in [0.717, 1.165) is 11.9 Å². The Morgan fingerprint density at radius 2 is 1.03 bits per heavy atom. The molecule has 38 heavy (non-hydrogen) atoms. The van der Waals surface area contributed by atoms with Crippen LogP contribution >= 0.6 is 0 Å². The standard InChI is InChI=1S/C33H33N5/c1-36-29(25-18-10-5-11-19-25)28(24-16-8-4-9-17-24)34-32(36)35-33-37(2)30(26-20-12-6-13-21-26)31(38(33)3)27-22-14-7-15-23-27/h4-23,28-31H,1-3H3/p+1/t28-,29?,30-,31-/m0/s1. The Morgan fingerprint density at radius 1 is 0.579 bits per heavy atom. The molecular weight excluding hydrogens is 466 g/mol. The fourth-order valence-corrected chi connectivity index (χ4v) is 6.05. The summed E-state index contributed by atoms with van der Waals surface area (Å²) in [5.74, 6) is 1.92. The summed E-state index contributed by atoms with van der Waals surface area (Å²) in [5.41, 5.74) is 5.05. The summed E-state index contributed by atoms with van der Waals surface area (Å²) in [6, 6.07) is 43.3. The number of guanidine groups is 2. The molecular formula is C33H34N5+. The molecule has 5 nitrogen and oxygen atoms in total. The molecule has 0 saturated carbocycles. The van der Waals surface area contributed by atoms with Crippen molar-refractivity contribution < 1.29 is 4.58 Å². The van der Waals surface area contributed by atoms with Crippen LogP contribution in [0.5, 0.6) is 0 Å². The van der Waals surface area contributed by atoms with Crippen LogP contribution in [0.4, 0.5) is 0 Å². The highest BCUT2D eigenvalue weighted by molar-refractivity contribution is 5.98. The Labute approximate surface area is 225 Å². The number of nitrogens with zero attached hydrogens (tertiary/aromatic N) is 4. The van der Waals surface area contributed by atoms with Gasteiger partial charge in [-0.05, 0) is 22.3 Å². The van der Waals surface area contributed by atoms with E-state index in [-0.39, 0.29) is 24.2 Å². The number of likely N-dealkylation sites (N-methyl/N-ethyl adjacent to an activating group) is 3. The first-order valence-corrected chi connectivity index (χ1v) is 13.2. The van der Waals surface area contributed by atoms with Crippen molar-refractivity contribution >= 4 is 11.9 Å². The third kappa shape index (κ3) is 4.24. The minimum atomic E-state index is -0.00134. The second-order valence-corrected chi connectivity index (χ2v) is 10.2. The normalized spacial score (nSPS) is 23.1. The molecule has 0 saturated heterocycles. The lowest BCUT2D eigenvalue weighted by Gasteiger charge is -2.27. The zero-order valence-corrected chi connectivity index (χ0v) is 22.1. The quantitative estimate of drug-likeness (QED) is 0.360. The molecule has 0 radical (unpaired) electrons. The zero-order chi connectivity index (χ0) is 26.1. The summed E-state index contributed by atoms with van der Waals surface area (Å²) < 4.78 is 2.36. The van der Waals surface area contributed by atoms with Gasteiger partial charge in [-0.25, -0.2) is 10.3 Å². The predicted octanol–water partition coefficient (Wildman–Crippen LogP) is 5.79. The molecule has 0 bridgehead atoms. The lowest BCUT2D eigenvalue weighted by molar-refractivity contribution is -0.540. The van der Waals surface area contributed by atoms with Crippen LogP contribution in [0.3, 0.4) is 0 Å². The Balaban J connectivity index is 1.39. The topological polar surface area (TPSA) is 33.9 Å². The van der Waals surface area contributed by atoms with Gasteiger partial charge in [-0.2, -0.15) is 0 Å². The van der Waals surface area contributed by atoms with Crippen LogP contribution in [-0.4, -0.2) is 47.4 Å². The Morgan fingerprint density at radius 3 is 1.55 bits per heavy atom. The number of hydrogen-bond acceptors (Lipinski definition) is 4. The minimum Gasteiger partial charge on any atom is -0.323 e. The smallest absolute Gasteiger partial charge is 0.323 e. The number of aliphatic imine (C=N–C) groups is 1. The Hall–Kier alpha value is -4.38. The molecule has 190 valence electrons. The highest BCUT2D eigenvalue weighted by Crippen LogP contribution is 2.42. The van der Waals surface area contributed by atoms with Crippen molar-refractivity contribution in [2.24, 2.45) is 4.99 Å². The second kappa shape index (κ2) is 10.2. The van der Waals surface area contributed by atoms with Gasteiger partial charge in [0.15, 0.2) is 0 Å². The maximum Gasteiger partial charge on any atom is 0.356 e. The van der Waals surface area contributed by atoms with Gasteiger partial charge in [0.05, 0.1) is 20.1 Å². The molecule has 0 amide bonds. The van der Waals surface area contributed by atoms with E-state index in [9.17, 15) is 0 Å². The van der Waals surface area contributed by atoms with Gasteiger partial charge in [0.2, 0.25) is 0 Å². The van der Waals surface area contributed by atoms with E-state index in [1.54, 1.807) is 0 Å². The summed E-state index contributed by atoms with van der Waals surface area (Å²) >= 11 is 0. The van der Waals surface area contributed by atoms with Crippen LogP contribution in [0.15, 0.2) is 126 Å². The van der Waals surface area contributed by atoms with Gasteiger partial charge in [-0.3, -0.25) is 9.48 Å².